The van der Waals surface area contributed by atoms with Crippen molar-refractivity contribution >= 4 is 17.6 Å². The minimum Gasteiger partial charge on any atom is -0.480 e. The fourth-order valence-electron chi connectivity index (χ4n) is 2.58. The standard InChI is InChI=1S/C19H20N2O5/c1-12-6-7-15(8-13(12)2)10-17(19(23)24)20-18(22)11-14-4-3-5-16(9-14)21(25)26/h3-9,17H,10-11H2,1-2H3,(H,20,22)(H,23,24)/t17-/m0/s1. The van der Waals surface area contributed by atoms with Crippen LogP contribution in [0.4, 0.5) is 5.69 Å². The van der Waals surface area contributed by atoms with Gasteiger partial charge in [-0.2, -0.15) is 0 Å². The van der Waals surface area contributed by atoms with Crippen LogP contribution >= 0.6 is 0 Å². The van der Waals surface area contributed by atoms with Gasteiger partial charge in [0.05, 0.1) is 11.3 Å². The number of carboxylic acid groups (broad SMARTS) is 1. The van der Waals surface area contributed by atoms with Gasteiger partial charge in [0.2, 0.25) is 5.91 Å². The number of aryl methyl sites for hydroxylation is 2. The molecule has 0 saturated carbocycles. The Kier molecular flexibility index (Phi) is 6.06. The highest BCUT2D eigenvalue weighted by Crippen LogP contribution is 2.14. The summed E-state index contributed by atoms with van der Waals surface area (Å²) in [6.07, 6.45) is 0.0372. The van der Waals surface area contributed by atoms with Crippen molar-refractivity contribution in [3.8, 4) is 0 Å². The van der Waals surface area contributed by atoms with E-state index in [9.17, 15) is 24.8 Å². The molecule has 1 amide bonds. The average molecular weight is 356 g/mol. The largest absolute Gasteiger partial charge is 0.480 e. The third-order valence-electron chi connectivity index (χ3n) is 4.13. The Balaban J connectivity index is 2.05. The van der Waals surface area contributed by atoms with E-state index in [-0.39, 0.29) is 18.5 Å². The Morgan fingerprint density at radius 2 is 1.85 bits per heavy atom. The third kappa shape index (κ3) is 5.14. The van der Waals surface area contributed by atoms with Crippen LogP contribution in [0.2, 0.25) is 0 Å². The summed E-state index contributed by atoms with van der Waals surface area (Å²) >= 11 is 0. The monoisotopic (exact) mass is 356 g/mol. The molecule has 0 radical (unpaired) electrons. The molecule has 2 aromatic carbocycles. The van der Waals surface area contributed by atoms with Crippen LogP contribution in [0, 0.1) is 24.0 Å². The maximum Gasteiger partial charge on any atom is 0.326 e. The van der Waals surface area contributed by atoms with Crippen LogP contribution in [0.15, 0.2) is 42.5 Å². The summed E-state index contributed by atoms with van der Waals surface area (Å²) < 4.78 is 0. The molecular formula is C19H20N2O5. The van der Waals surface area contributed by atoms with Crippen molar-refractivity contribution in [1.82, 2.24) is 5.32 Å². The Labute approximate surface area is 150 Å². The number of carboxylic acids is 1. The second-order valence-electron chi connectivity index (χ2n) is 6.18. The molecule has 2 N–H and O–H groups in total. The van der Waals surface area contributed by atoms with E-state index < -0.39 is 22.8 Å². The molecule has 2 rings (SSSR count). The lowest BCUT2D eigenvalue weighted by Gasteiger charge is -2.15. The first-order chi connectivity index (χ1) is 12.3. The highest BCUT2D eigenvalue weighted by Gasteiger charge is 2.21. The lowest BCUT2D eigenvalue weighted by Crippen LogP contribution is -2.43. The van der Waals surface area contributed by atoms with Crippen LogP contribution in [0.25, 0.3) is 0 Å². The predicted molar refractivity (Wildman–Crippen MR) is 96.0 cm³/mol. The van der Waals surface area contributed by atoms with E-state index in [2.05, 4.69) is 5.32 Å². The van der Waals surface area contributed by atoms with Crippen LogP contribution in [0.3, 0.4) is 0 Å². The minimum atomic E-state index is -1.13. The maximum absolute atomic E-state index is 12.2. The molecule has 0 fully saturated rings. The number of carbonyl (C=O) groups excluding carboxylic acids is 1. The second kappa shape index (κ2) is 8.24. The van der Waals surface area contributed by atoms with Gasteiger partial charge in [0.15, 0.2) is 0 Å². The molecule has 0 bridgehead atoms. The molecule has 0 aliphatic carbocycles. The van der Waals surface area contributed by atoms with Gasteiger partial charge in [-0.1, -0.05) is 30.3 Å². The lowest BCUT2D eigenvalue weighted by atomic mass is 10.0. The number of nitro groups is 1. The van der Waals surface area contributed by atoms with Gasteiger partial charge in [-0.25, -0.2) is 4.79 Å². The van der Waals surface area contributed by atoms with Gasteiger partial charge >= 0.3 is 5.97 Å². The van der Waals surface area contributed by atoms with Crippen LogP contribution in [-0.4, -0.2) is 27.9 Å². The van der Waals surface area contributed by atoms with E-state index >= 15 is 0 Å². The fourth-order valence-corrected chi connectivity index (χ4v) is 2.58. The Morgan fingerprint density at radius 3 is 2.46 bits per heavy atom. The first-order valence-electron chi connectivity index (χ1n) is 8.08. The molecule has 7 nitrogen and oxygen atoms in total. The fraction of sp³-hybridized carbons (Fsp3) is 0.263. The molecule has 0 aromatic heterocycles. The number of hydrogen-bond donors (Lipinski definition) is 2. The highest BCUT2D eigenvalue weighted by molar-refractivity contribution is 5.85. The molecule has 0 spiro atoms. The van der Waals surface area contributed by atoms with E-state index in [4.69, 9.17) is 0 Å². The number of nitrogens with one attached hydrogen (secondary N) is 1. The maximum atomic E-state index is 12.2. The van der Waals surface area contributed by atoms with Gasteiger partial charge in [0, 0.05) is 18.6 Å². The minimum absolute atomic E-state index is 0.111. The van der Waals surface area contributed by atoms with Gasteiger partial charge < -0.3 is 10.4 Å². The van der Waals surface area contributed by atoms with Gasteiger partial charge in [0.1, 0.15) is 6.04 Å². The molecule has 7 heteroatoms. The van der Waals surface area contributed by atoms with Crippen molar-refractivity contribution in [2.24, 2.45) is 0 Å². The molecule has 2 aromatic rings. The van der Waals surface area contributed by atoms with E-state index in [1.807, 2.05) is 32.0 Å². The van der Waals surface area contributed by atoms with Crippen molar-refractivity contribution in [1.29, 1.82) is 0 Å². The molecular weight excluding hydrogens is 336 g/mol. The van der Waals surface area contributed by atoms with E-state index in [1.54, 1.807) is 6.07 Å². The predicted octanol–water partition coefficient (Wildman–Crippen LogP) is 2.57. The van der Waals surface area contributed by atoms with Crippen molar-refractivity contribution in [2.75, 3.05) is 0 Å². The summed E-state index contributed by atoms with van der Waals surface area (Å²) in [5.74, 6) is -1.63. The van der Waals surface area contributed by atoms with Crippen LogP contribution in [0.5, 0.6) is 0 Å². The molecule has 1 atom stereocenters. The van der Waals surface area contributed by atoms with Crippen LogP contribution < -0.4 is 5.32 Å². The highest BCUT2D eigenvalue weighted by atomic mass is 16.6. The summed E-state index contributed by atoms with van der Waals surface area (Å²) in [4.78, 5) is 33.9. The summed E-state index contributed by atoms with van der Waals surface area (Å²) in [5, 5.41) is 22.7. The Hall–Kier alpha value is -3.22. The number of benzene rings is 2. The van der Waals surface area contributed by atoms with Crippen molar-refractivity contribution in [2.45, 2.75) is 32.7 Å². The number of carbonyl (C=O) groups is 2. The van der Waals surface area contributed by atoms with Crippen molar-refractivity contribution in [3.05, 3.63) is 74.8 Å². The Bertz CT molecular complexity index is 848. The van der Waals surface area contributed by atoms with E-state index in [0.29, 0.717) is 5.56 Å². The molecule has 0 heterocycles. The van der Waals surface area contributed by atoms with Gasteiger partial charge in [-0.05, 0) is 36.1 Å². The SMILES string of the molecule is Cc1ccc(C[C@H](NC(=O)Cc2cccc([N+](=O)[O-])c2)C(=O)O)cc1C. The first-order valence-corrected chi connectivity index (χ1v) is 8.08. The lowest BCUT2D eigenvalue weighted by molar-refractivity contribution is -0.384. The van der Waals surface area contributed by atoms with Gasteiger partial charge in [-0.3, -0.25) is 14.9 Å². The third-order valence-corrected chi connectivity index (χ3v) is 4.13. The van der Waals surface area contributed by atoms with E-state index in [0.717, 1.165) is 16.7 Å². The van der Waals surface area contributed by atoms with Gasteiger partial charge in [-0.15, -0.1) is 0 Å². The molecule has 0 saturated heterocycles. The number of nitro benzene ring substituents is 1. The molecule has 136 valence electrons. The number of aliphatic carboxylic acids is 1. The molecule has 26 heavy (non-hydrogen) atoms. The number of rotatable bonds is 7. The zero-order valence-corrected chi connectivity index (χ0v) is 14.6. The second-order valence-corrected chi connectivity index (χ2v) is 6.18. The zero-order valence-electron chi connectivity index (χ0n) is 14.6. The number of non-ortho nitro benzene ring substituents is 1. The summed E-state index contributed by atoms with van der Waals surface area (Å²) in [7, 11) is 0. The van der Waals surface area contributed by atoms with Crippen molar-refractivity contribution < 1.29 is 19.6 Å². The summed E-state index contributed by atoms with van der Waals surface area (Å²) in [6.45, 7) is 3.91. The molecule has 0 unspecified atom stereocenters. The molecule has 0 aliphatic rings. The smallest absolute Gasteiger partial charge is 0.326 e. The van der Waals surface area contributed by atoms with Crippen LogP contribution in [-0.2, 0) is 22.4 Å². The van der Waals surface area contributed by atoms with E-state index in [1.165, 1.54) is 18.2 Å². The summed E-state index contributed by atoms with van der Waals surface area (Å²) in [5.41, 5.74) is 3.31. The van der Waals surface area contributed by atoms with Gasteiger partial charge in [0.25, 0.3) is 5.69 Å². The zero-order chi connectivity index (χ0) is 19.3. The molecule has 0 aliphatic heterocycles. The average Bonchev–Trinajstić information content (AvgIpc) is 2.57. The Morgan fingerprint density at radius 1 is 1.12 bits per heavy atom. The normalized spacial score (nSPS) is 11.6. The number of hydrogen-bond acceptors (Lipinski definition) is 4. The quantitative estimate of drug-likeness (QED) is 0.585. The van der Waals surface area contributed by atoms with Crippen LogP contribution in [0.1, 0.15) is 22.3 Å². The number of amides is 1. The first kappa shape index (κ1) is 19.1. The number of nitrogens with zero attached hydrogens (tertiary/aromatic N) is 1. The topological polar surface area (TPSA) is 110 Å². The van der Waals surface area contributed by atoms with Crippen molar-refractivity contribution in [3.63, 3.8) is 0 Å². The summed E-state index contributed by atoms with van der Waals surface area (Å²) in [6, 6.07) is 10.3.